The number of anilines is 1. The van der Waals surface area contributed by atoms with Gasteiger partial charge in [-0.1, -0.05) is 0 Å². The Hall–Kier alpha value is -2.11. The quantitative estimate of drug-likeness (QED) is 0.794. The second kappa shape index (κ2) is 4.64. The fourth-order valence-corrected chi connectivity index (χ4v) is 1.86. The lowest BCUT2D eigenvalue weighted by Crippen LogP contribution is -2.34. The van der Waals surface area contributed by atoms with Crippen LogP contribution >= 0.6 is 0 Å². The van der Waals surface area contributed by atoms with Crippen molar-refractivity contribution in [1.29, 1.82) is 0 Å². The van der Waals surface area contributed by atoms with Gasteiger partial charge in [0, 0.05) is 11.7 Å². The van der Waals surface area contributed by atoms with E-state index in [4.69, 9.17) is 10.8 Å². The molecule has 1 aromatic rings. The van der Waals surface area contributed by atoms with Gasteiger partial charge in [0.2, 0.25) is 0 Å². The molecule has 96 valence electrons. The number of nitrogens with zero attached hydrogens (tertiary/aromatic N) is 2. The highest BCUT2D eigenvalue weighted by Crippen LogP contribution is 2.32. The smallest absolute Gasteiger partial charge is 0.323 e. The first-order valence-corrected chi connectivity index (χ1v) is 5.75. The number of carbonyl (C=O) groups is 2. The maximum atomic E-state index is 11.4. The summed E-state index contributed by atoms with van der Waals surface area (Å²) in [6.07, 6.45) is 1.84. The predicted molar refractivity (Wildman–Crippen MR) is 65.5 cm³/mol. The van der Waals surface area contributed by atoms with Gasteiger partial charge in [0.05, 0.1) is 5.56 Å². The number of nitrogens with two attached hydrogens (primary N) is 1. The molecule has 0 atom stereocenters. The van der Waals surface area contributed by atoms with Gasteiger partial charge in [-0.15, -0.1) is 0 Å². The molecular weight excluding hydrogens is 234 g/mol. The van der Waals surface area contributed by atoms with Crippen molar-refractivity contribution < 1.29 is 14.7 Å². The number of hydrogen-bond donors (Lipinski definition) is 2. The Bertz CT molecular complexity index is 497. The highest BCUT2D eigenvalue weighted by molar-refractivity contribution is 5.98. The van der Waals surface area contributed by atoms with Crippen molar-refractivity contribution in [2.24, 2.45) is 5.73 Å². The summed E-state index contributed by atoms with van der Waals surface area (Å²) in [5.41, 5.74) is 6.30. The van der Waals surface area contributed by atoms with E-state index in [1.54, 1.807) is 24.0 Å². The van der Waals surface area contributed by atoms with Crippen molar-refractivity contribution in [3.8, 4) is 0 Å². The molecule has 3 N–H and O–H groups in total. The zero-order valence-corrected chi connectivity index (χ0v) is 10.1. The Kier molecular flexibility index (Phi) is 3.18. The van der Waals surface area contributed by atoms with Crippen molar-refractivity contribution in [2.45, 2.75) is 25.8 Å². The number of pyridine rings is 1. The number of carboxylic acids is 1. The molecule has 1 saturated carbocycles. The van der Waals surface area contributed by atoms with Crippen LogP contribution in [0.1, 0.15) is 28.9 Å². The van der Waals surface area contributed by atoms with Gasteiger partial charge in [-0.05, 0) is 31.9 Å². The van der Waals surface area contributed by atoms with E-state index < -0.39 is 11.9 Å². The van der Waals surface area contributed by atoms with Gasteiger partial charge >= 0.3 is 5.97 Å². The molecule has 6 nitrogen and oxygen atoms in total. The monoisotopic (exact) mass is 249 g/mol. The lowest BCUT2D eigenvalue weighted by molar-refractivity contribution is -0.135. The Labute approximate surface area is 104 Å². The number of aromatic nitrogens is 1. The standard InChI is InChI=1S/C12H15N3O3/c1-7-2-5-9(11(13)18)12(14-7)15(6-10(16)17)8-3-4-8/h2,5,8H,3-4,6H2,1H3,(H2,13,18)(H,16,17). The SMILES string of the molecule is Cc1ccc(C(N)=O)c(N(CC(=O)O)C2CC2)n1. The van der Waals surface area contributed by atoms with Gasteiger partial charge < -0.3 is 15.7 Å². The minimum atomic E-state index is -0.944. The van der Waals surface area contributed by atoms with Crippen molar-refractivity contribution in [1.82, 2.24) is 4.98 Å². The summed E-state index contributed by atoms with van der Waals surface area (Å²) >= 11 is 0. The van der Waals surface area contributed by atoms with Crippen LogP contribution in [0.5, 0.6) is 0 Å². The minimum Gasteiger partial charge on any atom is -0.480 e. The Morgan fingerprint density at radius 3 is 2.67 bits per heavy atom. The molecule has 2 rings (SSSR count). The van der Waals surface area contributed by atoms with Gasteiger partial charge in [-0.2, -0.15) is 0 Å². The summed E-state index contributed by atoms with van der Waals surface area (Å²) in [6, 6.07) is 3.43. The van der Waals surface area contributed by atoms with Gasteiger partial charge in [-0.25, -0.2) is 4.98 Å². The van der Waals surface area contributed by atoms with E-state index in [9.17, 15) is 9.59 Å². The summed E-state index contributed by atoms with van der Waals surface area (Å²) in [7, 11) is 0. The summed E-state index contributed by atoms with van der Waals surface area (Å²) in [5, 5.41) is 8.94. The molecule has 18 heavy (non-hydrogen) atoms. The molecule has 1 aromatic heterocycles. The van der Waals surface area contributed by atoms with E-state index in [1.165, 1.54) is 0 Å². The molecular formula is C12H15N3O3. The maximum Gasteiger partial charge on any atom is 0.323 e. The lowest BCUT2D eigenvalue weighted by atomic mass is 10.2. The van der Waals surface area contributed by atoms with Crippen molar-refractivity contribution in [2.75, 3.05) is 11.4 Å². The van der Waals surface area contributed by atoms with Crippen LogP contribution in [0, 0.1) is 6.92 Å². The van der Waals surface area contributed by atoms with Crippen molar-refractivity contribution in [3.05, 3.63) is 23.4 Å². The first-order valence-electron chi connectivity index (χ1n) is 5.75. The molecule has 1 aliphatic carbocycles. The molecule has 1 aliphatic rings. The third-order valence-corrected chi connectivity index (χ3v) is 2.85. The number of hydrogen-bond acceptors (Lipinski definition) is 4. The fraction of sp³-hybridized carbons (Fsp3) is 0.417. The van der Waals surface area contributed by atoms with Gasteiger partial charge in [0.1, 0.15) is 12.4 Å². The number of carboxylic acid groups (broad SMARTS) is 1. The van der Waals surface area contributed by atoms with Crippen molar-refractivity contribution >= 4 is 17.7 Å². The highest BCUT2D eigenvalue weighted by Gasteiger charge is 2.33. The molecule has 0 unspecified atom stereocenters. The van der Waals surface area contributed by atoms with E-state index in [0.29, 0.717) is 5.82 Å². The molecule has 0 aliphatic heterocycles. The molecule has 0 spiro atoms. The lowest BCUT2D eigenvalue weighted by Gasteiger charge is -2.23. The second-order valence-electron chi connectivity index (χ2n) is 4.44. The minimum absolute atomic E-state index is 0.147. The van der Waals surface area contributed by atoms with Gasteiger partial charge in [-0.3, -0.25) is 9.59 Å². The molecule has 1 heterocycles. The van der Waals surface area contributed by atoms with Gasteiger partial charge in [0.15, 0.2) is 0 Å². The zero-order valence-electron chi connectivity index (χ0n) is 10.1. The van der Waals surface area contributed by atoms with Crippen LogP contribution in [0.4, 0.5) is 5.82 Å². The number of aliphatic carboxylic acids is 1. The summed E-state index contributed by atoms with van der Waals surface area (Å²) < 4.78 is 0. The maximum absolute atomic E-state index is 11.4. The first kappa shape index (κ1) is 12.3. The fourth-order valence-electron chi connectivity index (χ4n) is 1.86. The van der Waals surface area contributed by atoms with E-state index in [2.05, 4.69) is 4.98 Å². The van der Waals surface area contributed by atoms with Crippen LogP contribution in [-0.4, -0.2) is 34.6 Å². The number of primary amides is 1. The summed E-state index contributed by atoms with van der Waals surface area (Å²) in [6.45, 7) is 1.63. The molecule has 1 fully saturated rings. The van der Waals surface area contributed by atoms with E-state index in [0.717, 1.165) is 18.5 Å². The van der Waals surface area contributed by atoms with Crippen LogP contribution < -0.4 is 10.6 Å². The van der Waals surface area contributed by atoms with Crippen LogP contribution in [0.3, 0.4) is 0 Å². The van der Waals surface area contributed by atoms with E-state index in [-0.39, 0.29) is 18.2 Å². The molecule has 0 saturated heterocycles. The summed E-state index contributed by atoms with van der Waals surface area (Å²) in [4.78, 5) is 28.2. The number of carbonyl (C=O) groups excluding carboxylic acids is 1. The Morgan fingerprint density at radius 2 is 2.17 bits per heavy atom. The van der Waals surface area contributed by atoms with Crippen LogP contribution in [0.25, 0.3) is 0 Å². The molecule has 0 radical (unpaired) electrons. The third kappa shape index (κ3) is 2.58. The average molecular weight is 249 g/mol. The largest absolute Gasteiger partial charge is 0.480 e. The normalized spacial score (nSPS) is 14.3. The Balaban J connectivity index is 2.41. The Morgan fingerprint density at radius 1 is 1.50 bits per heavy atom. The van der Waals surface area contributed by atoms with Crippen LogP contribution in [-0.2, 0) is 4.79 Å². The molecule has 6 heteroatoms. The van der Waals surface area contributed by atoms with Crippen LogP contribution in [0.2, 0.25) is 0 Å². The first-order chi connectivity index (χ1) is 8.49. The number of amides is 1. The summed E-state index contributed by atoms with van der Waals surface area (Å²) in [5.74, 6) is -1.15. The number of aryl methyl sites for hydroxylation is 1. The average Bonchev–Trinajstić information content (AvgIpc) is 3.08. The van der Waals surface area contributed by atoms with Gasteiger partial charge in [0.25, 0.3) is 5.91 Å². The van der Waals surface area contributed by atoms with Crippen LogP contribution in [0.15, 0.2) is 12.1 Å². The molecule has 0 bridgehead atoms. The topological polar surface area (TPSA) is 96.5 Å². The number of rotatable bonds is 5. The second-order valence-corrected chi connectivity index (χ2v) is 4.44. The van der Waals surface area contributed by atoms with Crippen molar-refractivity contribution in [3.63, 3.8) is 0 Å². The highest BCUT2D eigenvalue weighted by atomic mass is 16.4. The van der Waals surface area contributed by atoms with E-state index in [1.807, 2.05) is 0 Å². The molecule has 1 amide bonds. The van der Waals surface area contributed by atoms with E-state index >= 15 is 0 Å². The molecule has 0 aromatic carbocycles. The predicted octanol–water partition coefficient (Wildman–Crippen LogP) is 0.542. The third-order valence-electron chi connectivity index (χ3n) is 2.85. The zero-order chi connectivity index (χ0) is 13.3.